The molecule has 2 N–H and O–H groups in total. The van der Waals surface area contributed by atoms with E-state index in [1.54, 1.807) is 47.0 Å². The predicted molar refractivity (Wildman–Crippen MR) is 70.8 cm³/mol. The minimum Gasteiger partial charge on any atom is -0.423 e. The standard InChI is InChI=1S/C12H20BNO4/c1-11(2,16)12(3,4)18-13(17)9-6-7-14(5)10(15)8-9/h6-8,16-17H,1-5H3. The van der Waals surface area contributed by atoms with E-state index < -0.39 is 18.3 Å². The zero-order valence-corrected chi connectivity index (χ0v) is 11.5. The van der Waals surface area contributed by atoms with Crippen LogP contribution in [0.2, 0.25) is 0 Å². The molecule has 0 aliphatic heterocycles. The second-order valence-corrected chi connectivity index (χ2v) is 5.45. The van der Waals surface area contributed by atoms with Crippen molar-refractivity contribution in [3.63, 3.8) is 0 Å². The van der Waals surface area contributed by atoms with E-state index >= 15 is 0 Å². The van der Waals surface area contributed by atoms with Gasteiger partial charge in [-0.15, -0.1) is 0 Å². The van der Waals surface area contributed by atoms with Gasteiger partial charge in [0.05, 0.1) is 11.2 Å². The minimum atomic E-state index is -1.25. The first-order valence-corrected chi connectivity index (χ1v) is 5.79. The molecule has 1 rings (SSSR count). The van der Waals surface area contributed by atoms with Crippen molar-refractivity contribution < 1.29 is 14.8 Å². The Kier molecular flexibility index (Phi) is 4.05. The molecule has 6 heteroatoms. The monoisotopic (exact) mass is 253 g/mol. The molecular weight excluding hydrogens is 233 g/mol. The normalized spacial score (nSPS) is 12.6. The highest BCUT2D eigenvalue weighted by atomic mass is 16.5. The van der Waals surface area contributed by atoms with Crippen LogP contribution in [0, 0.1) is 0 Å². The van der Waals surface area contributed by atoms with E-state index in [4.69, 9.17) is 4.65 Å². The van der Waals surface area contributed by atoms with Crippen molar-refractivity contribution in [1.29, 1.82) is 0 Å². The number of rotatable bonds is 4. The highest BCUT2D eigenvalue weighted by molar-refractivity contribution is 6.60. The number of hydrogen-bond acceptors (Lipinski definition) is 4. The third-order valence-electron chi connectivity index (χ3n) is 3.29. The Morgan fingerprint density at radius 2 is 1.89 bits per heavy atom. The lowest BCUT2D eigenvalue weighted by Gasteiger charge is -2.38. The third kappa shape index (κ3) is 3.22. The molecule has 0 unspecified atom stereocenters. The van der Waals surface area contributed by atoms with Crippen molar-refractivity contribution in [2.75, 3.05) is 0 Å². The highest BCUT2D eigenvalue weighted by Crippen LogP contribution is 2.25. The molecule has 0 spiro atoms. The van der Waals surface area contributed by atoms with Crippen LogP contribution >= 0.6 is 0 Å². The average Bonchev–Trinajstić information content (AvgIpc) is 2.19. The summed E-state index contributed by atoms with van der Waals surface area (Å²) in [7, 11) is 0.375. The molecule has 1 aromatic heterocycles. The van der Waals surface area contributed by atoms with E-state index in [1.807, 2.05) is 0 Å². The van der Waals surface area contributed by atoms with Gasteiger partial charge in [-0.1, -0.05) is 0 Å². The van der Waals surface area contributed by atoms with Crippen LogP contribution in [0.4, 0.5) is 0 Å². The van der Waals surface area contributed by atoms with Crippen LogP contribution in [0.15, 0.2) is 23.1 Å². The maximum absolute atomic E-state index is 11.5. The molecule has 0 amide bonds. The SMILES string of the molecule is Cn1ccc(B(O)OC(C)(C)C(C)(C)O)cc1=O. The predicted octanol–water partition coefficient (Wildman–Crippen LogP) is -0.361. The van der Waals surface area contributed by atoms with Gasteiger partial charge < -0.3 is 19.4 Å². The van der Waals surface area contributed by atoms with E-state index in [0.717, 1.165) is 0 Å². The quantitative estimate of drug-likeness (QED) is 0.719. The van der Waals surface area contributed by atoms with Gasteiger partial charge >= 0.3 is 7.12 Å². The van der Waals surface area contributed by atoms with Gasteiger partial charge in [-0.3, -0.25) is 4.79 Å². The molecule has 0 bridgehead atoms. The first kappa shape index (κ1) is 15.0. The Morgan fingerprint density at radius 3 is 2.33 bits per heavy atom. The zero-order chi connectivity index (χ0) is 14.1. The lowest BCUT2D eigenvalue weighted by Crippen LogP contribution is -2.53. The van der Waals surface area contributed by atoms with Crippen molar-refractivity contribution in [2.24, 2.45) is 7.05 Å². The fraction of sp³-hybridized carbons (Fsp3) is 0.583. The average molecular weight is 253 g/mol. The number of hydrogen-bond donors (Lipinski definition) is 2. The number of aryl methyl sites for hydroxylation is 1. The van der Waals surface area contributed by atoms with Crippen molar-refractivity contribution in [3.8, 4) is 0 Å². The third-order valence-corrected chi connectivity index (χ3v) is 3.29. The van der Waals surface area contributed by atoms with E-state index in [9.17, 15) is 14.9 Å². The maximum Gasteiger partial charge on any atom is 0.491 e. The first-order chi connectivity index (χ1) is 8.04. The molecule has 0 aliphatic rings. The van der Waals surface area contributed by atoms with Crippen molar-refractivity contribution in [3.05, 3.63) is 28.7 Å². The number of nitrogens with zero attached hydrogens (tertiary/aromatic N) is 1. The molecule has 18 heavy (non-hydrogen) atoms. The van der Waals surface area contributed by atoms with Gasteiger partial charge in [-0.2, -0.15) is 0 Å². The highest BCUT2D eigenvalue weighted by Gasteiger charge is 2.39. The lowest BCUT2D eigenvalue weighted by atomic mass is 9.77. The Morgan fingerprint density at radius 1 is 1.33 bits per heavy atom. The summed E-state index contributed by atoms with van der Waals surface area (Å²) in [5.41, 5.74) is -1.92. The van der Waals surface area contributed by atoms with Crippen LogP contribution in [0.5, 0.6) is 0 Å². The van der Waals surface area contributed by atoms with Crippen molar-refractivity contribution in [2.45, 2.75) is 38.9 Å². The van der Waals surface area contributed by atoms with Crippen LogP contribution in [0.3, 0.4) is 0 Å². The molecule has 100 valence electrons. The van der Waals surface area contributed by atoms with Gasteiger partial charge in [-0.25, -0.2) is 0 Å². The summed E-state index contributed by atoms with van der Waals surface area (Å²) in [5.74, 6) is 0. The molecule has 0 radical (unpaired) electrons. The van der Waals surface area contributed by atoms with Crippen LogP contribution in [0.25, 0.3) is 0 Å². The fourth-order valence-electron chi connectivity index (χ4n) is 1.21. The largest absolute Gasteiger partial charge is 0.491 e. The first-order valence-electron chi connectivity index (χ1n) is 5.79. The van der Waals surface area contributed by atoms with Crippen LogP contribution in [0.1, 0.15) is 27.7 Å². The second-order valence-electron chi connectivity index (χ2n) is 5.45. The van der Waals surface area contributed by atoms with Gasteiger partial charge in [-0.05, 0) is 39.2 Å². The van der Waals surface area contributed by atoms with Gasteiger partial charge in [0.2, 0.25) is 5.56 Å². The molecule has 1 aromatic rings. The summed E-state index contributed by atoms with van der Waals surface area (Å²) in [6.45, 7) is 6.56. The van der Waals surface area contributed by atoms with Gasteiger partial charge in [0.1, 0.15) is 0 Å². The van der Waals surface area contributed by atoms with E-state index in [1.165, 1.54) is 10.6 Å². The minimum absolute atomic E-state index is 0.226. The molecule has 0 aliphatic carbocycles. The van der Waals surface area contributed by atoms with Gasteiger partial charge in [0.25, 0.3) is 0 Å². The summed E-state index contributed by atoms with van der Waals surface area (Å²) in [6.07, 6.45) is 1.56. The van der Waals surface area contributed by atoms with E-state index in [0.29, 0.717) is 5.46 Å². The fourth-order valence-corrected chi connectivity index (χ4v) is 1.21. The van der Waals surface area contributed by atoms with Gasteiger partial charge in [0.15, 0.2) is 0 Å². The summed E-state index contributed by atoms with van der Waals surface area (Å²) >= 11 is 0. The Balaban J connectivity index is 2.92. The topological polar surface area (TPSA) is 71.7 Å². The molecule has 0 aromatic carbocycles. The summed E-state index contributed by atoms with van der Waals surface area (Å²) in [6, 6.07) is 2.91. The lowest BCUT2D eigenvalue weighted by molar-refractivity contribution is -0.0982. The Labute approximate surface area is 107 Å². The van der Waals surface area contributed by atoms with E-state index in [-0.39, 0.29) is 5.56 Å². The summed E-state index contributed by atoms with van der Waals surface area (Å²) < 4.78 is 6.84. The Hall–Kier alpha value is -1.11. The number of aliphatic hydroxyl groups is 1. The smallest absolute Gasteiger partial charge is 0.423 e. The molecular formula is C12H20BNO4. The van der Waals surface area contributed by atoms with Crippen LogP contribution < -0.4 is 11.0 Å². The molecule has 5 nitrogen and oxygen atoms in total. The molecule has 0 saturated carbocycles. The van der Waals surface area contributed by atoms with Crippen molar-refractivity contribution >= 4 is 12.6 Å². The summed E-state index contributed by atoms with van der Waals surface area (Å²) in [4.78, 5) is 11.5. The number of pyridine rings is 1. The van der Waals surface area contributed by atoms with Crippen LogP contribution in [-0.4, -0.2) is 33.0 Å². The maximum atomic E-state index is 11.5. The molecule has 0 saturated heterocycles. The Bertz CT molecular complexity index is 476. The number of aromatic nitrogens is 1. The van der Waals surface area contributed by atoms with Gasteiger partial charge in [0, 0.05) is 19.3 Å². The molecule has 1 heterocycles. The summed E-state index contributed by atoms with van der Waals surface area (Å²) in [5, 5.41) is 19.9. The molecule has 0 fully saturated rings. The van der Waals surface area contributed by atoms with Crippen molar-refractivity contribution in [1.82, 2.24) is 4.57 Å². The van der Waals surface area contributed by atoms with Crippen LogP contribution in [-0.2, 0) is 11.7 Å². The second kappa shape index (κ2) is 4.88. The van der Waals surface area contributed by atoms with E-state index in [2.05, 4.69) is 0 Å². The zero-order valence-electron chi connectivity index (χ0n) is 11.5. The molecule has 0 atom stereocenters.